The summed E-state index contributed by atoms with van der Waals surface area (Å²) < 4.78 is 6.42. The molecule has 3 aromatic carbocycles. The van der Waals surface area contributed by atoms with E-state index >= 15 is 0 Å². The molecule has 4 rings (SSSR count). The summed E-state index contributed by atoms with van der Waals surface area (Å²) in [5.74, 6) is 0. The molecule has 0 radical (unpaired) electrons. The highest BCUT2D eigenvalue weighted by atomic mass is 35.5. The van der Waals surface area contributed by atoms with Crippen LogP contribution in [0.2, 0.25) is 5.02 Å². The van der Waals surface area contributed by atoms with E-state index in [0.717, 1.165) is 48.7 Å². The summed E-state index contributed by atoms with van der Waals surface area (Å²) >= 11 is 6.63. The van der Waals surface area contributed by atoms with Gasteiger partial charge in [-0.15, -0.1) is 0 Å². The molecule has 31 heavy (non-hydrogen) atoms. The largest absolute Gasteiger partial charge is 0.369 e. The number of aryl methyl sites for hydroxylation is 1. The molecule has 1 unspecified atom stereocenters. The molecule has 1 aliphatic heterocycles. The molecular weight excluding hydrogens is 404 g/mol. The average molecular weight is 435 g/mol. The second-order valence-electron chi connectivity index (χ2n) is 8.13. The van der Waals surface area contributed by atoms with Crippen LogP contribution in [0.25, 0.3) is 11.1 Å². The first-order chi connectivity index (χ1) is 15.2. The molecule has 4 heteroatoms. The van der Waals surface area contributed by atoms with Crippen molar-refractivity contribution in [3.63, 3.8) is 0 Å². The molecule has 3 nitrogen and oxygen atoms in total. The highest BCUT2D eigenvalue weighted by Crippen LogP contribution is 2.35. The van der Waals surface area contributed by atoms with Crippen molar-refractivity contribution in [1.29, 1.82) is 0 Å². The predicted octanol–water partition coefficient (Wildman–Crippen LogP) is 6.39. The minimum absolute atomic E-state index is 0.0563. The van der Waals surface area contributed by atoms with Gasteiger partial charge in [0.15, 0.2) is 0 Å². The summed E-state index contributed by atoms with van der Waals surface area (Å²) in [5, 5.41) is 4.18. The van der Waals surface area contributed by atoms with Crippen LogP contribution in [0.5, 0.6) is 0 Å². The first kappa shape index (κ1) is 21.9. The molecule has 1 atom stereocenters. The van der Waals surface area contributed by atoms with Crippen LogP contribution in [0.3, 0.4) is 0 Å². The van der Waals surface area contributed by atoms with E-state index in [0.29, 0.717) is 6.61 Å². The smallest absolute Gasteiger partial charge is 0.0826 e. The summed E-state index contributed by atoms with van der Waals surface area (Å²) in [7, 11) is 0. The number of halogens is 1. The highest BCUT2D eigenvalue weighted by molar-refractivity contribution is 6.33. The molecular formula is C27H31ClN2O. The van der Waals surface area contributed by atoms with Gasteiger partial charge in [0.2, 0.25) is 0 Å². The summed E-state index contributed by atoms with van der Waals surface area (Å²) in [4.78, 5) is 2.43. The monoisotopic (exact) mass is 434 g/mol. The van der Waals surface area contributed by atoms with Crippen molar-refractivity contribution in [1.82, 2.24) is 5.32 Å². The van der Waals surface area contributed by atoms with E-state index in [9.17, 15) is 0 Å². The maximum absolute atomic E-state index is 6.63. The second kappa shape index (κ2) is 10.3. The van der Waals surface area contributed by atoms with Gasteiger partial charge in [-0.3, -0.25) is 0 Å². The van der Waals surface area contributed by atoms with Crippen molar-refractivity contribution < 1.29 is 4.74 Å². The van der Waals surface area contributed by atoms with Gasteiger partial charge in [0, 0.05) is 42.5 Å². The molecule has 1 aliphatic rings. The Bertz CT molecular complexity index is 996. The number of nitrogens with zero attached hydrogens (tertiary/aromatic N) is 1. The summed E-state index contributed by atoms with van der Waals surface area (Å²) in [5.41, 5.74) is 7.09. The van der Waals surface area contributed by atoms with Crippen molar-refractivity contribution in [2.75, 3.05) is 31.1 Å². The number of nitrogens with one attached hydrogen (secondary N) is 1. The fourth-order valence-electron chi connectivity index (χ4n) is 4.31. The van der Waals surface area contributed by atoms with Gasteiger partial charge in [0.05, 0.1) is 12.7 Å². The van der Waals surface area contributed by atoms with E-state index in [4.69, 9.17) is 16.3 Å². The first-order valence-electron chi connectivity index (χ1n) is 11.2. The number of ether oxygens (including phenoxy) is 1. The normalized spacial score (nSPS) is 15.1. The molecule has 0 aromatic heterocycles. The standard InChI is InChI=1S/C27H31ClN2O/c1-3-26(21-11-13-23(14-12-21)30-17-15-29-16-18-30)31-19-22-8-6-10-25(28)27(22)24-9-5-4-7-20(24)2/h4-14,26,29H,3,15-19H2,1-2H3. The topological polar surface area (TPSA) is 24.5 Å². The third kappa shape index (κ3) is 5.12. The minimum Gasteiger partial charge on any atom is -0.369 e. The van der Waals surface area contributed by atoms with Crippen molar-refractivity contribution in [2.24, 2.45) is 0 Å². The maximum Gasteiger partial charge on any atom is 0.0826 e. The van der Waals surface area contributed by atoms with Gasteiger partial charge in [-0.25, -0.2) is 0 Å². The Morgan fingerprint density at radius 1 is 0.968 bits per heavy atom. The lowest BCUT2D eigenvalue weighted by Gasteiger charge is -2.29. The molecule has 1 fully saturated rings. The van der Waals surface area contributed by atoms with Gasteiger partial charge in [0.25, 0.3) is 0 Å². The SMILES string of the molecule is CCC(OCc1cccc(Cl)c1-c1ccccc1C)c1ccc(N2CCNCC2)cc1. The van der Waals surface area contributed by atoms with E-state index in [-0.39, 0.29) is 6.10 Å². The quantitative estimate of drug-likeness (QED) is 0.466. The van der Waals surface area contributed by atoms with Crippen LogP contribution in [0.1, 0.15) is 36.1 Å². The first-order valence-corrected chi connectivity index (χ1v) is 11.6. The molecule has 1 N–H and O–H groups in total. The minimum atomic E-state index is 0.0563. The van der Waals surface area contributed by atoms with Crippen molar-refractivity contribution in [3.05, 3.63) is 88.4 Å². The third-order valence-corrected chi connectivity index (χ3v) is 6.39. The zero-order valence-electron chi connectivity index (χ0n) is 18.4. The molecule has 0 aliphatic carbocycles. The number of hydrogen-bond acceptors (Lipinski definition) is 3. The van der Waals surface area contributed by atoms with E-state index < -0.39 is 0 Å². The Morgan fingerprint density at radius 3 is 2.42 bits per heavy atom. The average Bonchev–Trinajstić information content (AvgIpc) is 2.81. The molecule has 1 heterocycles. The van der Waals surface area contributed by atoms with Crippen LogP contribution >= 0.6 is 11.6 Å². The Hall–Kier alpha value is -2.33. The summed E-state index contributed by atoms with van der Waals surface area (Å²) in [6.45, 7) is 9.04. The zero-order valence-corrected chi connectivity index (χ0v) is 19.2. The highest BCUT2D eigenvalue weighted by Gasteiger charge is 2.16. The number of anilines is 1. The number of hydrogen-bond donors (Lipinski definition) is 1. The molecule has 162 valence electrons. The predicted molar refractivity (Wildman–Crippen MR) is 131 cm³/mol. The summed E-state index contributed by atoms with van der Waals surface area (Å²) in [6, 6.07) is 23.3. The molecule has 3 aromatic rings. The van der Waals surface area contributed by atoms with E-state index in [1.807, 2.05) is 12.1 Å². The van der Waals surface area contributed by atoms with Gasteiger partial charge < -0.3 is 15.0 Å². The fourth-order valence-corrected chi connectivity index (χ4v) is 4.60. The summed E-state index contributed by atoms with van der Waals surface area (Å²) in [6.07, 6.45) is 0.980. The molecule has 0 bridgehead atoms. The van der Waals surface area contributed by atoms with Gasteiger partial charge in [-0.05, 0) is 53.8 Å². The van der Waals surface area contributed by atoms with E-state index in [1.165, 1.54) is 22.4 Å². The van der Waals surface area contributed by atoms with Gasteiger partial charge >= 0.3 is 0 Å². The third-order valence-electron chi connectivity index (χ3n) is 6.07. The van der Waals surface area contributed by atoms with Crippen molar-refractivity contribution in [3.8, 4) is 11.1 Å². The van der Waals surface area contributed by atoms with Crippen LogP contribution in [0, 0.1) is 6.92 Å². The van der Waals surface area contributed by atoms with E-state index in [1.54, 1.807) is 0 Å². The van der Waals surface area contributed by atoms with Gasteiger partial charge in [-0.1, -0.05) is 67.1 Å². The Labute approximate surface area is 191 Å². The Kier molecular flexibility index (Phi) is 7.29. The number of rotatable bonds is 7. The van der Waals surface area contributed by atoms with Crippen molar-refractivity contribution >= 4 is 17.3 Å². The molecule has 1 saturated heterocycles. The van der Waals surface area contributed by atoms with Gasteiger partial charge in [-0.2, -0.15) is 0 Å². The van der Waals surface area contributed by atoms with Gasteiger partial charge in [0.1, 0.15) is 0 Å². The van der Waals surface area contributed by atoms with E-state index in [2.05, 4.69) is 78.7 Å². The number of benzene rings is 3. The van der Waals surface area contributed by atoms with Crippen LogP contribution in [-0.2, 0) is 11.3 Å². The fraction of sp³-hybridized carbons (Fsp3) is 0.333. The lowest BCUT2D eigenvalue weighted by Crippen LogP contribution is -2.43. The Balaban J connectivity index is 1.51. The maximum atomic E-state index is 6.63. The Morgan fingerprint density at radius 2 is 1.71 bits per heavy atom. The molecule has 0 spiro atoms. The van der Waals surface area contributed by atoms with Crippen LogP contribution in [0.15, 0.2) is 66.7 Å². The van der Waals surface area contributed by atoms with Crippen LogP contribution < -0.4 is 10.2 Å². The molecule has 0 saturated carbocycles. The number of piperazine rings is 1. The zero-order chi connectivity index (χ0) is 21.6. The van der Waals surface area contributed by atoms with Crippen molar-refractivity contribution in [2.45, 2.75) is 33.0 Å². The lowest BCUT2D eigenvalue weighted by atomic mass is 9.96. The molecule has 0 amide bonds. The van der Waals surface area contributed by atoms with Crippen LogP contribution in [0.4, 0.5) is 5.69 Å². The second-order valence-corrected chi connectivity index (χ2v) is 8.53. The van der Waals surface area contributed by atoms with Crippen LogP contribution in [-0.4, -0.2) is 26.2 Å². The lowest BCUT2D eigenvalue weighted by molar-refractivity contribution is 0.0374.